The number of amides is 1. The van der Waals surface area contributed by atoms with Gasteiger partial charge in [0, 0.05) is 25.2 Å². The highest BCUT2D eigenvalue weighted by Crippen LogP contribution is 2.27. The molecule has 5 heteroatoms. The number of benzene rings is 1. The van der Waals surface area contributed by atoms with Crippen LogP contribution < -0.4 is 16.0 Å². The van der Waals surface area contributed by atoms with Crippen molar-refractivity contribution in [3.05, 3.63) is 23.8 Å². The quantitative estimate of drug-likeness (QED) is 0.685. The molecule has 5 nitrogen and oxygen atoms in total. The summed E-state index contributed by atoms with van der Waals surface area (Å²) in [6.07, 6.45) is 0.477. The molecule has 18 heavy (non-hydrogen) atoms. The molecule has 0 bridgehead atoms. The van der Waals surface area contributed by atoms with Crippen molar-refractivity contribution in [2.24, 2.45) is 0 Å². The molecule has 1 amide bonds. The van der Waals surface area contributed by atoms with Gasteiger partial charge in [-0.25, -0.2) is 0 Å². The van der Waals surface area contributed by atoms with Gasteiger partial charge in [0.05, 0.1) is 17.5 Å². The molecule has 1 atom stereocenters. The summed E-state index contributed by atoms with van der Waals surface area (Å²) < 4.78 is 0. The Morgan fingerprint density at radius 2 is 2.39 bits per heavy atom. The molecule has 1 saturated heterocycles. The van der Waals surface area contributed by atoms with Gasteiger partial charge < -0.3 is 21.1 Å². The number of rotatable bonds is 3. The number of nitrogens with zero attached hydrogens (tertiary/aromatic N) is 1. The van der Waals surface area contributed by atoms with Crippen molar-refractivity contribution in [1.82, 2.24) is 5.32 Å². The van der Waals surface area contributed by atoms with Crippen molar-refractivity contribution >= 4 is 17.3 Å². The van der Waals surface area contributed by atoms with E-state index in [1.165, 1.54) is 0 Å². The van der Waals surface area contributed by atoms with Gasteiger partial charge in [0.2, 0.25) is 0 Å². The number of β-amino-alcohol motifs (C(OH)–C–C–N with tert-alkyl or cyclic N) is 1. The predicted octanol–water partition coefficient (Wildman–Crippen LogP) is 0.590. The zero-order chi connectivity index (χ0) is 13.1. The largest absolute Gasteiger partial charge is 0.397 e. The van der Waals surface area contributed by atoms with E-state index in [-0.39, 0.29) is 12.0 Å². The van der Waals surface area contributed by atoms with Gasteiger partial charge in [0.25, 0.3) is 5.91 Å². The Labute approximate surface area is 107 Å². The molecule has 1 fully saturated rings. The van der Waals surface area contributed by atoms with Crippen molar-refractivity contribution in [2.75, 3.05) is 30.3 Å². The Morgan fingerprint density at radius 1 is 1.61 bits per heavy atom. The summed E-state index contributed by atoms with van der Waals surface area (Å²) in [4.78, 5) is 13.7. The third-order valence-electron chi connectivity index (χ3n) is 3.13. The van der Waals surface area contributed by atoms with Gasteiger partial charge in [0.15, 0.2) is 0 Å². The van der Waals surface area contributed by atoms with Gasteiger partial charge in [-0.2, -0.15) is 0 Å². The molecule has 0 aromatic heterocycles. The van der Waals surface area contributed by atoms with Gasteiger partial charge in [0.1, 0.15) is 0 Å². The zero-order valence-electron chi connectivity index (χ0n) is 10.5. The molecule has 98 valence electrons. The zero-order valence-corrected chi connectivity index (χ0v) is 10.5. The fraction of sp³-hybridized carbons (Fsp3) is 0.462. The third-order valence-corrected chi connectivity index (χ3v) is 3.13. The maximum atomic E-state index is 11.7. The Hall–Kier alpha value is -1.75. The standard InChI is InChI=1S/C13H19N3O2/c1-2-15-13(18)9-3-4-12(11(14)7-9)16-6-5-10(17)8-16/h3-4,7,10,17H,2,5-6,8,14H2,1H3,(H,15,18). The topological polar surface area (TPSA) is 78.6 Å². The summed E-state index contributed by atoms with van der Waals surface area (Å²) in [6.45, 7) is 3.87. The van der Waals surface area contributed by atoms with Crippen molar-refractivity contribution in [3.8, 4) is 0 Å². The number of nitrogen functional groups attached to an aromatic ring is 1. The summed E-state index contributed by atoms with van der Waals surface area (Å²) in [5.41, 5.74) is 8.01. The minimum absolute atomic E-state index is 0.114. The average Bonchev–Trinajstić information content (AvgIpc) is 2.76. The molecular weight excluding hydrogens is 230 g/mol. The number of aliphatic hydroxyl groups is 1. The molecule has 0 saturated carbocycles. The Morgan fingerprint density at radius 3 is 2.94 bits per heavy atom. The Bertz CT molecular complexity index is 448. The van der Waals surface area contributed by atoms with Gasteiger partial charge in [-0.05, 0) is 31.5 Å². The normalized spacial score (nSPS) is 19.0. The molecule has 1 unspecified atom stereocenters. The molecule has 0 radical (unpaired) electrons. The van der Waals surface area contributed by atoms with E-state index in [0.29, 0.717) is 24.3 Å². The number of nitrogens with one attached hydrogen (secondary N) is 1. The molecule has 1 aliphatic heterocycles. The number of aliphatic hydroxyl groups excluding tert-OH is 1. The number of carbonyl (C=O) groups excluding carboxylic acids is 1. The van der Waals surface area contributed by atoms with Crippen molar-refractivity contribution in [1.29, 1.82) is 0 Å². The van der Waals surface area contributed by atoms with E-state index >= 15 is 0 Å². The van der Waals surface area contributed by atoms with Crippen LogP contribution in [0.4, 0.5) is 11.4 Å². The van der Waals surface area contributed by atoms with Crippen molar-refractivity contribution in [3.63, 3.8) is 0 Å². The first kappa shape index (κ1) is 12.7. The minimum Gasteiger partial charge on any atom is -0.397 e. The lowest BCUT2D eigenvalue weighted by Crippen LogP contribution is -2.24. The first-order valence-electron chi connectivity index (χ1n) is 6.22. The van der Waals surface area contributed by atoms with Crippen LogP contribution in [0.1, 0.15) is 23.7 Å². The summed E-state index contributed by atoms with van der Waals surface area (Å²) in [5.74, 6) is -0.114. The summed E-state index contributed by atoms with van der Waals surface area (Å²) in [7, 11) is 0. The monoisotopic (exact) mass is 249 g/mol. The first-order valence-corrected chi connectivity index (χ1v) is 6.22. The van der Waals surface area contributed by atoms with Crippen LogP contribution in [0.25, 0.3) is 0 Å². The van der Waals surface area contributed by atoms with Gasteiger partial charge in [-0.1, -0.05) is 0 Å². The highest BCUT2D eigenvalue weighted by molar-refractivity contribution is 5.96. The third kappa shape index (κ3) is 2.56. The maximum absolute atomic E-state index is 11.7. The average molecular weight is 249 g/mol. The van der Waals surface area contributed by atoms with Gasteiger partial charge in [-0.15, -0.1) is 0 Å². The summed E-state index contributed by atoms with van der Waals surface area (Å²) in [5, 5.41) is 12.3. The van der Waals surface area contributed by atoms with E-state index in [2.05, 4.69) is 5.32 Å². The highest BCUT2D eigenvalue weighted by atomic mass is 16.3. The van der Waals surface area contributed by atoms with Crippen LogP contribution in [0.3, 0.4) is 0 Å². The van der Waals surface area contributed by atoms with Crippen LogP contribution >= 0.6 is 0 Å². The van der Waals surface area contributed by atoms with Crippen LogP contribution in [0.2, 0.25) is 0 Å². The van der Waals surface area contributed by atoms with Crippen LogP contribution in [-0.2, 0) is 0 Å². The minimum atomic E-state index is -0.285. The SMILES string of the molecule is CCNC(=O)c1ccc(N2CCC(O)C2)c(N)c1. The second-order valence-electron chi connectivity index (χ2n) is 4.52. The summed E-state index contributed by atoms with van der Waals surface area (Å²) in [6, 6.07) is 5.30. The summed E-state index contributed by atoms with van der Waals surface area (Å²) >= 11 is 0. The second-order valence-corrected chi connectivity index (χ2v) is 4.52. The Balaban J connectivity index is 2.17. The number of anilines is 2. The van der Waals surface area contributed by atoms with Crippen LogP contribution in [0.5, 0.6) is 0 Å². The van der Waals surface area contributed by atoms with Crippen molar-refractivity contribution in [2.45, 2.75) is 19.4 Å². The second kappa shape index (κ2) is 5.27. The fourth-order valence-electron chi connectivity index (χ4n) is 2.21. The highest BCUT2D eigenvalue weighted by Gasteiger charge is 2.22. The lowest BCUT2D eigenvalue weighted by Gasteiger charge is -2.20. The molecule has 1 aliphatic rings. The van der Waals surface area contributed by atoms with Crippen LogP contribution in [-0.4, -0.2) is 36.8 Å². The van der Waals surface area contributed by atoms with E-state index in [4.69, 9.17) is 5.73 Å². The van der Waals surface area contributed by atoms with Crippen LogP contribution in [0.15, 0.2) is 18.2 Å². The fourth-order valence-corrected chi connectivity index (χ4v) is 2.21. The van der Waals surface area contributed by atoms with E-state index in [0.717, 1.165) is 18.7 Å². The van der Waals surface area contributed by atoms with E-state index < -0.39 is 0 Å². The van der Waals surface area contributed by atoms with E-state index in [1.54, 1.807) is 12.1 Å². The molecule has 1 heterocycles. The number of nitrogens with two attached hydrogens (primary N) is 1. The molecule has 1 aromatic carbocycles. The van der Waals surface area contributed by atoms with Crippen molar-refractivity contribution < 1.29 is 9.90 Å². The molecular formula is C13H19N3O2. The lowest BCUT2D eigenvalue weighted by molar-refractivity contribution is 0.0956. The van der Waals surface area contributed by atoms with E-state index in [9.17, 15) is 9.90 Å². The molecule has 0 aliphatic carbocycles. The number of carbonyl (C=O) groups is 1. The maximum Gasteiger partial charge on any atom is 0.251 e. The number of hydrogen-bond donors (Lipinski definition) is 3. The first-order chi connectivity index (χ1) is 8.61. The molecule has 2 rings (SSSR count). The smallest absolute Gasteiger partial charge is 0.251 e. The van der Waals surface area contributed by atoms with Crippen LogP contribution in [0, 0.1) is 0 Å². The molecule has 1 aromatic rings. The number of hydrogen-bond acceptors (Lipinski definition) is 4. The Kier molecular flexibility index (Phi) is 3.72. The van der Waals surface area contributed by atoms with Gasteiger partial charge in [-0.3, -0.25) is 4.79 Å². The molecule has 4 N–H and O–H groups in total. The van der Waals surface area contributed by atoms with Gasteiger partial charge >= 0.3 is 0 Å². The molecule has 0 spiro atoms. The van der Waals surface area contributed by atoms with E-state index in [1.807, 2.05) is 17.9 Å². The predicted molar refractivity (Wildman–Crippen MR) is 71.7 cm³/mol. The lowest BCUT2D eigenvalue weighted by atomic mass is 10.1.